The predicted octanol–water partition coefficient (Wildman–Crippen LogP) is 0.477. The molecule has 0 N–H and O–H groups in total. The van der Waals surface area contributed by atoms with E-state index < -0.39 is 14.6 Å². The predicted molar refractivity (Wildman–Crippen MR) is 37.0 cm³/mol. The normalized spacial score (nSPS) is 21.6. The van der Waals surface area contributed by atoms with Gasteiger partial charge in [-0.2, -0.15) is 5.26 Å². The summed E-state index contributed by atoms with van der Waals surface area (Å²) in [6.45, 7) is 1.58. The molecule has 0 spiro atoms. The van der Waals surface area contributed by atoms with E-state index in [0.717, 1.165) is 0 Å². The Kier molecular flexibility index (Phi) is 1.48. The fraction of sp³-hybridized carbons (Fsp3) is 0.833. The fourth-order valence-electron chi connectivity index (χ4n) is 0.882. The van der Waals surface area contributed by atoms with E-state index in [1.807, 2.05) is 6.07 Å². The molecule has 1 rings (SSSR count). The Labute approximate surface area is 60.6 Å². The molecule has 4 heteroatoms. The molecule has 1 aliphatic carbocycles. The molecule has 0 aromatic carbocycles. The molecule has 0 aliphatic heterocycles. The van der Waals surface area contributed by atoms with E-state index >= 15 is 0 Å². The molecule has 0 aromatic rings. The van der Waals surface area contributed by atoms with Crippen molar-refractivity contribution < 1.29 is 8.42 Å². The number of rotatable bonds is 2. The number of hydrogen-bond donors (Lipinski definition) is 0. The zero-order chi connectivity index (χ0) is 7.83. The zero-order valence-electron chi connectivity index (χ0n) is 5.79. The standard InChI is InChI=1S/C6H9NO2S/c1-2-10(8,9)6(5-7)3-4-6/h2-4H2,1H3. The Morgan fingerprint density at radius 3 is 2.20 bits per heavy atom. The van der Waals surface area contributed by atoms with Crippen molar-refractivity contribution in [1.29, 1.82) is 5.26 Å². The lowest BCUT2D eigenvalue weighted by atomic mass is 10.5. The zero-order valence-corrected chi connectivity index (χ0v) is 6.61. The lowest BCUT2D eigenvalue weighted by Crippen LogP contribution is -2.22. The van der Waals surface area contributed by atoms with Gasteiger partial charge in [0.25, 0.3) is 0 Å². The summed E-state index contributed by atoms with van der Waals surface area (Å²) in [6.07, 6.45) is 1.05. The van der Waals surface area contributed by atoms with Gasteiger partial charge in [-0.3, -0.25) is 0 Å². The highest BCUT2D eigenvalue weighted by molar-refractivity contribution is 7.93. The van der Waals surface area contributed by atoms with E-state index in [1.54, 1.807) is 6.92 Å². The molecule has 0 atom stereocenters. The Balaban J connectivity index is 2.97. The number of hydrogen-bond acceptors (Lipinski definition) is 3. The molecule has 1 fully saturated rings. The SMILES string of the molecule is CCS(=O)(=O)C1(C#N)CC1. The Hall–Kier alpha value is -0.560. The minimum absolute atomic E-state index is 0.0839. The molecular formula is C6H9NO2S. The highest BCUT2D eigenvalue weighted by atomic mass is 32.2. The van der Waals surface area contributed by atoms with Crippen molar-refractivity contribution in [2.45, 2.75) is 24.5 Å². The van der Waals surface area contributed by atoms with Gasteiger partial charge in [0.2, 0.25) is 0 Å². The molecule has 0 unspecified atom stereocenters. The minimum atomic E-state index is -3.10. The molecule has 56 valence electrons. The summed E-state index contributed by atoms with van der Waals surface area (Å²) >= 11 is 0. The van der Waals surface area contributed by atoms with Crippen molar-refractivity contribution in [1.82, 2.24) is 0 Å². The maximum absolute atomic E-state index is 11.1. The first-order valence-electron chi connectivity index (χ1n) is 3.21. The number of nitriles is 1. The first-order chi connectivity index (χ1) is 4.58. The second kappa shape index (κ2) is 1.96. The topological polar surface area (TPSA) is 57.9 Å². The van der Waals surface area contributed by atoms with Crippen LogP contribution in [0.15, 0.2) is 0 Å². The van der Waals surface area contributed by atoms with Crippen LogP contribution in [-0.2, 0) is 9.84 Å². The van der Waals surface area contributed by atoms with E-state index in [1.165, 1.54) is 0 Å². The first kappa shape index (κ1) is 7.55. The molecule has 0 saturated heterocycles. The molecule has 0 bridgehead atoms. The molecule has 1 aliphatic rings. The maximum atomic E-state index is 11.1. The van der Waals surface area contributed by atoms with Crippen molar-refractivity contribution in [3.05, 3.63) is 0 Å². The summed E-state index contributed by atoms with van der Waals surface area (Å²) in [6, 6.07) is 1.86. The van der Waals surface area contributed by atoms with Gasteiger partial charge in [-0.15, -0.1) is 0 Å². The monoisotopic (exact) mass is 159 g/mol. The number of nitrogens with zero attached hydrogens (tertiary/aromatic N) is 1. The van der Waals surface area contributed by atoms with Crippen LogP contribution >= 0.6 is 0 Å². The summed E-state index contributed by atoms with van der Waals surface area (Å²) in [4.78, 5) is 0. The van der Waals surface area contributed by atoms with Gasteiger partial charge in [0, 0.05) is 5.75 Å². The Bertz CT molecular complexity index is 269. The summed E-state index contributed by atoms with van der Waals surface area (Å²) < 4.78 is 21.2. The van der Waals surface area contributed by atoms with Crippen LogP contribution in [0.3, 0.4) is 0 Å². The highest BCUT2D eigenvalue weighted by Crippen LogP contribution is 2.43. The fourth-order valence-corrected chi connectivity index (χ4v) is 2.30. The molecule has 0 amide bonds. The van der Waals surface area contributed by atoms with E-state index in [-0.39, 0.29) is 5.75 Å². The molecule has 0 heterocycles. The van der Waals surface area contributed by atoms with Gasteiger partial charge < -0.3 is 0 Å². The van der Waals surface area contributed by atoms with Gasteiger partial charge in [0.05, 0.1) is 6.07 Å². The smallest absolute Gasteiger partial charge is 0.169 e. The molecule has 0 radical (unpaired) electrons. The third kappa shape index (κ3) is 0.816. The molecule has 0 aromatic heterocycles. The largest absolute Gasteiger partial charge is 0.227 e. The van der Waals surface area contributed by atoms with Crippen LogP contribution in [0.25, 0.3) is 0 Å². The third-order valence-corrected chi connectivity index (χ3v) is 4.33. The van der Waals surface area contributed by atoms with E-state index in [0.29, 0.717) is 12.8 Å². The van der Waals surface area contributed by atoms with Crippen LogP contribution < -0.4 is 0 Å². The van der Waals surface area contributed by atoms with Crippen LogP contribution in [0.2, 0.25) is 0 Å². The van der Waals surface area contributed by atoms with E-state index in [2.05, 4.69) is 0 Å². The first-order valence-corrected chi connectivity index (χ1v) is 4.87. The second-order valence-electron chi connectivity index (χ2n) is 2.51. The van der Waals surface area contributed by atoms with Crippen molar-refractivity contribution in [3.63, 3.8) is 0 Å². The Morgan fingerprint density at radius 2 is 2.10 bits per heavy atom. The lowest BCUT2D eigenvalue weighted by molar-refractivity contribution is 0.589. The van der Waals surface area contributed by atoms with Gasteiger partial charge in [-0.1, -0.05) is 6.92 Å². The third-order valence-electron chi connectivity index (χ3n) is 1.88. The van der Waals surface area contributed by atoms with Crippen LogP contribution in [0.4, 0.5) is 0 Å². The average Bonchev–Trinajstić information content (AvgIpc) is 2.67. The van der Waals surface area contributed by atoms with Crippen LogP contribution in [0.5, 0.6) is 0 Å². The van der Waals surface area contributed by atoms with Crippen molar-refractivity contribution >= 4 is 9.84 Å². The second-order valence-corrected chi connectivity index (χ2v) is 5.10. The van der Waals surface area contributed by atoms with Crippen LogP contribution in [0.1, 0.15) is 19.8 Å². The summed E-state index contributed by atoms with van der Waals surface area (Å²) in [5.74, 6) is 0.0839. The number of sulfone groups is 1. The average molecular weight is 159 g/mol. The molecule has 3 nitrogen and oxygen atoms in total. The van der Waals surface area contributed by atoms with Gasteiger partial charge in [0.15, 0.2) is 14.6 Å². The molecular weight excluding hydrogens is 150 g/mol. The quantitative estimate of drug-likeness (QED) is 0.588. The molecule has 10 heavy (non-hydrogen) atoms. The van der Waals surface area contributed by atoms with Gasteiger partial charge in [-0.05, 0) is 12.8 Å². The highest BCUT2D eigenvalue weighted by Gasteiger charge is 2.54. The van der Waals surface area contributed by atoms with Crippen molar-refractivity contribution in [2.75, 3.05) is 5.75 Å². The van der Waals surface area contributed by atoms with Crippen LogP contribution in [-0.4, -0.2) is 18.9 Å². The summed E-state index contributed by atoms with van der Waals surface area (Å²) in [5.41, 5.74) is 0. The van der Waals surface area contributed by atoms with Gasteiger partial charge in [0.1, 0.15) is 0 Å². The van der Waals surface area contributed by atoms with Crippen LogP contribution in [0, 0.1) is 11.3 Å². The molecule has 1 saturated carbocycles. The maximum Gasteiger partial charge on any atom is 0.169 e. The van der Waals surface area contributed by atoms with Gasteiger partial charge >= 0.3 is 0 Å². The lowest BCUT2D eigenvalue weighted by Gasteiger charge is -2.02. The van der Waals surface area contributed by atoms with Crippen molar-refractivity contribution in [3.8, 4) is 6.07 Å². The van der Waals surface area contributed by atoms with Gasteiger partial charge in [-0.25, -0.2) is 8.42 Å². The summed E-state index contributed by atoms with van der Waals surface area (Å²) in [5, 5.41) is 8.49. The van der Waals surface area contributed by atoms with E-state index in [4.69, 9.17) is 5.26 Å². The Morgan fingerprint density at radius 1 is 1.60 bits per heavy atom. The van der Waals surface area contributed by atoms with E-state index in [9.17, 15) is 8.42 Å². The van der Waals surface area contributed by atoms with Crippen molar-refractivity contribution in [2.24, 2.45) is 0 Å². The summed E-state index contributed by atoms with van der Waals surface area (Å²) in [7, 11) is -3.10. The minimum Gasteiger partial charge on any atom is -0.227 e.